The van der Waals surface area contributed by atoms with Gasteiger partial charge in [0.2, 0.25) is 0 Å². The van der Waals surface area contributed by atoms with Gasteiger partial charge in [0.05, 0.1) is 23.5 Å². The number of piperidine rings is 1. The van der Waals surface area contributed by atoms with Crippen LogP contribution < -0.4 is 0 Å². The van der Waals surface area contributed by atoms with Crippen molar-refractivity contribution < 1.29 is 9.53 Å². The van der Waals surface area contributed by atoms with Crippen LogP contribution in [-0.4, -0.2) is 51.1 Å². The molecule has 0 saturated carbocycles. The van der Waals surface area contributed by atoms with Crippen LogP contribution in [0.4, 0.5) is 0 Å². The Bertz CT molecular complexity index is 871. The van der Waals surface area contributed by atoms with Gasteiger partial charge in [-0.05, 0) is 45.2 Å². The number of carbonyl (C=O) groups is 1. The minimum absolute atomic E-state index is 0.00315. The smallest absolute Gasteiger partial charge is 0.257 e. The first kappa shape index (κ1) is 17.8. The van der Waals surface area contributed by atoms with E-state index in [9.17, 15) is 4.79 Å². The van der Waals surface area contributed by atoms with Crippen LogP contribution in [0.5, 0.6) is 0 Å². The third-order valence-corrected chi connectivity index (χ3v) is 5.42. The van der Waals surface area contributed by atoms with Crippen molar-refractivity contribution in [3.8, 4) is 11.4 Å². The molecule has 4 heterocycles. The molecule has 27 heavy (non-hydrogen) atoms. The normalized spacial score (nSPS) is 19.0. The summed E-state index contributed by atoms with van der Waals surface area (Å²) in [5, 5.41) is 0. The highest BCUT2D eigenvalue weighted by Gasteiger charge is 2.37. The summed E-state index contributed by atoms with van der Waals surface area (Å²) in [4.78, 5) is 27.9. The molecule has 0 atom stereocenters. The maximum absolute atomic E-state index is 13.0. The van der Waals surface area contributed by atoms with Crippen LogP contribution in [0.3, 0.4) is 0 Å². The average Bonchev–Trinajstić information content (AvgIpc) is 2.68. The lowest BCUT2D eigenvalue weighted by molar-refractivity contribution is -0.0522. The molecule has 0 aromatic carbocycles. The van der Waals surface area contributed by atoms with Crippen molar-refractivity contribution in [1.29, 1.82) is 0 Å². The van der Waals surface area contributed by atoms with E-state index in [4.69, 9.17) is 4.74 Å². The highest BCUT2D eigenvalue weighted by molar-refractivity contribution is 5.95. The summed E-state index contributed by atoms with van der Waals surface area (Å²) in [5.41, 5.74) is 3.30. The summed E-state index contributed by atoms with van der Waals surface area (Å²) in [6.07, 6.45) is 10.0. The average molecular weight is 364 g/mol. The SMILES string of the molecule is CC1=CC2(CCN(C(=O)c3cnc(-c4cccnc4)nc3C)CC2)OCC1. The fraction of sp³-hybridized carbons (Fsp3) is 0.429. The van der Waals surface area contributed by atoms with Gasteiger partial charge in [0.15, 0.2) is 5.82 Å². The summed E-state index contributed by atoms with van der Waals surface area (Å²) in [6.45, 7) is 6.17. The summed E-state index contributed by atoms with van der Waals surface area (Å²) in [5.74, 6) is 0.586. The van der Waals surface area contributed by atoms with E-state index in [0.29, 0.717) is 30.2 Å². The second kappa shape index (κ2) is 7.19. The standard InChI is InChI=1S/C21H24N4O2/c1-15-5-11-27-21(12-15)6-9-25(10-7-21)20(26)18-14-23-19(24-16(18)2)17-4-3-8-22-13-17/h3-4,8,12-14H,5-7,9-11H2,1-2H3. The number of nitrogens with zero attached hydrogens (tertiary/aromatic N) is 4. The van der Waals surface area contributed by atoms with Gasteiger partial charge in [0.1, 0.15) is 0 Å². The molecule has 2 aliphatic rings. The van der Waals surface area contributed by atoms with Crippen molar-refractivity contribution in [2.75, 3.05) is 19.7 Å². The molecule has 0 bridgehead atoms. The molecule has 1 spiro atoms. The minimum Gasteiger partial charge on any atom is -0.370 e. The monoisotopic (exact) mass is 364 g/mol. The maximum atomic E-state index is 13.0. The van der Waals surface area contributed by atoms with Crippen molar-refractivity contribution in [2.45, 2.75) is 38.7 Å². The molecule has 2 aromatic heterocycles. The van der Waals surface area contributed by atoms with E-state index in [1.165, 1.54) is 5.57 Å². The van der Waals surface area contributed by atoms with E-state index in [0.717, 1.165) is 31.4 Å². The van der Waals surface area contributed by atoms with E-state index < -0.39 is 0 Å². The summed E-state index contributed by atoms with van der Waals surface area (Å²) in [6, 6.07) is 3.76. The van der Waals surface area contributed by atoms with E-state index in [1.54, 1.807) is 18.6 Å². The molecule has 0 radical (unpaired) electrons. The van der Waals surface area contributed by atoms with Crippen LogP contribution in [0.1, 0.15) is 42.2 Å². The Hall–Kier alpha value is -2.60. The maximum Gasteiger partial charge on any atom is 0.257 e. The summed E-state index contributed by atoms with van der Waals surface area (Å²) >= 11 is 0. The summed E-state index contributed by atoms with van der Waals surface area (Å²) < 4.78 is 6.05. The van der Waals surface area contributed by atoms with Gasteiger partial charge in [-0.15, -0.1) is 0 Å². The molecule has 6 heteroatoms. The Kier molecular flexibility index (Phi) is 4.74. The Labute approximate surface area is 159 Å². The molecule has 0 N–H and O–H groups in total. The third kappa shape index (κ3) is 3.62. The van der Waals surface area contributed by atoms with Crippen molar-refractivity contribution in [2.24, 2.45) is 0 Å². The number of aryl methyl sites for hydroxylation is 1. The van der Waals surface area contributed by atoms with Crippen LogP contribution in [0, 0.1) is 6.92 Å². The topological polar surface area (TPSA) is 68.2 Å². The zero-order chi connectivity index (χ0) is 18.9. The zero-order valence-electron chi connectivity index (χ0n) is 15.8. The van der Waals surface area contributed by atoms with Crippen molar-refractivity contribution in [3.05, 3.63) is 53.6 Å². The van der Waals surface area contributed by atoms with Crippen LogP contribution in [0.15, 0.2) is 42.4 Å². The third-order valence-electron chi connectivity index (χ3n) is 5.42. The van der Waals surface area contributed by atoms with Gasteiger partial charge in [-0.3, -0.25) is 9.78 Å². The molecule has 1 amide bonds. The van der Waals surface area contributed by atoms with E-state index in [-0.39, 0.29) is 11.5 Å². The van der Waals surface area contributed by atoms with Gasteiger partial charge in [0.25, 0.3) is 5.91 Å². The highest BCUT2D eigenvalue weighted by atomic mass is 16.5. The molecular weight excluding hydrogens is 340 g/mol. The quantitative estimate of drug-likeness (QED) is 0.766. The lowest BCUT2D eigenvalue weighted by atomic mass is 9.87. The molecule has 2 aliphatic heterocycles. The fourth-order valence-electron chi connectivity index (χ4n) is 3.84. The number of ether oxygens (including phenoxy) is 1. The first-order valence-corrected chi connectivity index (χ1v) is 9.42. The van der Waals surface area contributed by atoms with Crippen molar-refractivity contribution in [3.63, 3.8) is 0 Å². The van der Waals surface area contributed by atoms with Gasteiger partial charge in [-0.25, -0.2) is 9.97 Å². The lowest BCUT2D eigenvalue weighted by Crippen LogP contribution is -2.48. The number of hydrogen-bond acceptors (Lipinski definition) is 5. The Morgan fingerprint density at radius 2 is 2.04 bits per heavy atom. The molecule has 140 valence electrons. The number of aromatic nitrogens is 3. The van der Waals surface area contributed by atoms with Crippen LogP contribution in [0.2, 0.25) is 0 Å². The minimum atomic E-state index is -0.186. The molecular formula is C21H24N4O2. The Morgan fingerprint density at radius 3 is 2.70 bits per heavy atom. The molecule has 1 fully saturated rings. The number of pyridine rings is 1. The van der Waals surface area contributed by atoms with E-state index in [2.05, 4.69) is 28.0 Å². The van der Waals surface area contributed by atoms with Gasteiger partial charge >= 0.3 is 0 Å². The van der Waals surface area contributed by atoms with Crippen molar-refractivity contribution >= 4 is 5.91 Å². The Balaban J connectivity index is 1.48. The second-order valence-corrected chi connectivity index (χ2v) is 7.38. The zero-order valence-corrected chi connectivity index (χ0v) is 15.8. The van der Waals surface area contributed by atoms with Gasteiger partial charge in [0, 0.05) is 37.2 Å². The van der Waals surface area contributed by atoms with Crippen LogP contribution in [-0.2, 0) is 4.74 Å². The molecule has 0 unspecified atom stereocenters. The van der Waals surface area contributed by atoms with Gasteiger partial charge in [-0.1, -0.05) is 11.6 Å². The number of likely N-dealkylation sites (tertiary alicyclic amines) is 1. The number of rotatable bonds is 2. The van der Waals surface area contributed by atoms with Crippen molar-refractivity contribution in [1.82, 2.24) is 19.9 Å². The van der Waals surface area contributed by atoms with Crippen LogP contribution >= 0.6 is 0 Å². The fourth-order valence-corrected chi connectivity index (χ4v) is 3.84. The number of carbonyl (C=O) groups excluding carboxylic acids is 1. The molecule has 4 rings (SSSR count). The predicted molar refractivity (Wildman–Crippen MR) is 102 cm³/mol. The summed E-state index contributed by atoms with van der Waals surface area (Å²) in [7, 11) is 0. The molecule has 0 aliphatic carbocycles. The van der Waals surface area contributed by atoms with Crippen LogP contribution in [0.25, 0.3) is 11.4 Å². The number of hydrogen-bond donors (Lipinski definition) is 0. The van der Waals surface area contributed by atoms with Gasteiger partial charge < -0.3 is 9.64 Å². The lowest BCUT2D eigenvalue weighted by Gasteiger charge is -2.42. The molecule has 1 saturated heterocycles. The first-order chi connectivity index (χ1) is 13.1. The number of amides is 1. The molecule has 2 aromatic rings. The van der Waals surface area contributed by atoms with Gasteiger partial charge in [-0.2, -0.15) is 0 Å². The largest absolute Gasteiger partial charge is 0.370 e. The Morgan fingerprint density at radius 1 is 1.22 bits per heavy atom. The second-order valence-electron chi connectivity index (χ2n) is 7.38. The van der Waals surface area contributed by atoms with E-state index in [1.807, 2.05) is 24.0 Å². The van der Waals surface area contributed by atoms with E-state index >= 15 is 0 Å². The predicted octanol–water partition coefficient (Wildman–Crippen LogP) is 3.19. The highest BCUT2D eigenvalue weighted by Crippen LogP contribution is 2.33. The molecule has 6 nitrogen and oxygen atoms in total. The first-order valence-electron chi connectivity index (χ1n) is 9.42.